The molecule has 27 heavy (non-hydrogen) atoms. The van der Waals surface area contributed by atoms with Crippen LogP contribution in [0, 0.1) is 0 Å². The molecule has 5 nitrogen and oxygen atoms in total. The van der Waals surface area contributed by atoms with Crippen LogP contribution in [0.5, 0.6) is 0 Å². The lowest BCUT2D eigenvalue weighted by Gasteiger charge is -2.27. The monoisotopic (exact) mass is 364 g/mol. The van der Waals surface area contributed by atoms with Crippen LogP contribution in [0.4, 0.5) is 0 Å². The van der Waals surface area contributed by atoms with Crippen LogP contribution >= 0.6 is 0 Å². The molecule has 3 rings (SSSR count). The molecule has 3 amide bonds. The maximum Gasteiger partial charge on any atom is 0.262 e. The second-order valence-electron chi connectivity index (χ2n) is 6.75. The van der Waals surface area contributed by atoms with Gasteiger partial charge < -0.3 is 5.32 Å². The standard InChI is InChI=1S/C22H24N2O3/c1-3-16(4-2)23-20(25)19(14-15-10-6-5-7-11-15)24-21(26)17-12-8-9-13-18(17)22(24)27/h5-13,16,19H,3-4,14H2,1-2H3,(H,23,25)/t19-/m0/s1. The van der Waals surface area contributed by atoms with E-state index in [1.165, 1.54) is 0 Å². The lowest BCUT2D eigenvalue weighted by molar-refractivity contribution is -0.125. The number of nitrogens with one attached hydrogen (secondary N) is 1. The third-order valence-electron chi connectivity index (χ3n) is 5.04. The number of carbonyl (C=O) groups excluding carboxylic acids is 3. The molecule has 1 atom stereocenters. The first-order valence-electron chi connectivity index (χ1n) is 9.38. The van der Waals surface area contributed by atoms with E-state index in [-0.39, 0.29) is 18.4 Å². The van der Waals surface area contributed by atoms with E-state index in [2.05, 4.69) is 5.32 Å². The van der Waals surface area contributed by atoms with Crippen LogP contribution in [-0.4, -0.2) is 34.7 Å². The molecule has 0 unspecified atom stereocenters. The van der Waals surface area contributed by atoms with Gasteiger partial charge in [-0.15, -0.1) is 0 Å². The van der Waals surface area contributed by atoms with Crippen molar-refractivity contribution in [1.29, 1.82) is 0 Å². The molecule has 0 saturated heterocycles. The lowest BCUT2D eigenvalue weighted by atomic mass is 10.0. The van der Waals surface area contributed by atoms with Gasteiger partial charge in [0.05, 0.1) is 11.1 Å². The second-order valence-corrected chi connectivity index (χ2v) is 6.75. The summed E-state index contributed by atoms with van der Waals surface area (Å²) in [6.45, 7) is 4.01. The molecule has 0 saturated carbocycles. The normalized spacial score (nSPS) is 14.4. The van der Waals surface area contributed by atoms with Gasteiger partial charge in [-0.05, 0) is 30.5 Å². The molecule has 0 bridgehead atoms. The van der Waals surface area contributed by atoms with Crippen molar-refractivity contribution in [2.45, 2.75) is 45.2 Å². The Bertz CT molecular complexity index is 809. The fraction of sp³-hybridized carbons (Fsp3) is 0.318. The van der Waals surface area contributed by atoms with Crippen molar-refractivity contribution in [3.8, 4) is 0 Å². The Morgan fingerprint density at radius 1 is 0.889 bits per heavy atom. The fourth-order valence-electron chi connectivity index (χ4n) is 3.42. The highest BCUT2D eigenvalue weighted by atomic mass is 16.2. The van der Waals surface area contributed by atoms with E-state index in [9.17, 15) is 14.4 Å². The zero-order valence-electron chi connectivity index (χ0n) is 15.6. The minimum Gasteiger partial charge on any atom is -0.352 e. The van der Waals surface area contributed by atoms with Gasteiger partial charge in [0.1, 0.15) is 6.04 Å². The van der Waals surface area contributed by atoms with Crippen molar-refractivity contribution in [1.82, 2.24) is 10.2 Å². The average molecular weight is 364 g/mol. The molecule has 0 fully saturated rings. The summed E-state index contributed by atoms with van der Waals surface area (Å²) in [6.07, 6.45) is 1.88. The van der Waals surface area contributed by atoms with Gasteiger partial charge in [-0.1, -0.05) is 56.3 Å². The molecule has 1 heterocycles. The number of benzene rings is 2. The number of rotatable bonds is 7. The highest BCUT2D eigenvalue weighted by molar-refractivity contribution is 6.22. The van der Waals surface area contributed by atoms with Crippen molar-refractivity contribution in [2.24, 2.45) is 0 Å². The van der Waals surface area contributed by atoms with Crippen molar-refractivity contribution in [3.05, 3.63) is 71.3 Å². The number of amides is 3. The molecule has 0 aromatic heterocycles. The van der Waals surface area contributed by atoms with Gasteiger partial charge in [-0.25, -0.2) is 0 Å². The molecule has 2 aromatic rings. The highest BCUT2D eigenvalue weighted by Gasteiger charge is 2.42. The van der Waals surface area contributed by atoms with E-state index >= 15 is 0 Å². The van der Waals surface area contributed by atoms with Crippen LogP contribution in [-0.2, 0) is 11.2 Å². The molecule has 0 radical (unpaired) electrons. The van der Waals surface area contributed by atoms with Gasteiger partial charge >= 0.3 is 0 Å². The molecule has 5 heteroatoms. The third kappa shape index (κ3) is 3.77. The number of fused-ring (bicyclic) bond motifs is 1. The zero-order valence-corrected chi connectivity index (χ0v) is 15.6. The van der Waals surface area contributed by atoms with Gasteiger partial charge in [0.2, 0.25) is 5.91 Å². The van der Waals surface area contributed by atoms with Gasteiger partial charge in [0, 0.05) is 12.5 Å². The summed E-state index contributed by atoms with van der Waals surface area (Å²) >= 11 is 0. The average Bonchev–Trinajstić information content (AvgIpc) is 2.95. The van der Waals surface area contributed by atoms with E-state index in [0.717, 1.165) is 23.3 Å². The molecule has 2 aromatic carbocycles. The van der Waals surface area contributed by atoms with Gasteiger partial charge in [0.15, 0.2) is 0 Å². The predicted molar refractivity (Wildman–Crippen MR) is 103 cm³/mol. The fourth-order valence-corrected chi connectivity index (χ4v) is 3.42. The van der Waals surface area contributed by atoms with Crippen molar-refractivity contribution < 1.29 is 14.4 Å². The molecule has 1 aliphatic rings. The van der Waals surface area contributed by atoms with E-state index in [4.69, 9.17) is 0 Å². The van der Waals surface area contributed by atoms with Gasteiger partial charge in [0.25, 0.3) is 11.8 Å². The Labute approximate surface area is 159 Å². The Morgan fingerprint density at radius 2 is 1.41 bits per heavy atom. The Morgan fingerprint density at radius 3 is 1.93 bits per heavy atom. The van der Waals surface area contributed by atoms with E-state index in [1.807, 2.05) is 44.2 Å². The predicted octanol–water partition coefficient (Wildman–Crippen LogP) is 3.20. The molecule has 0 aliphatic carbocycles. The summed E-state index contributed by atoms with van der Waals surface area (Å²) in [5, 5.41) is 3.00. The highest BCUT2D eigenvalue weighted by Crippen LogP contribution is 2.26. The maximum absolute atomic E-state index is 13.0. The van der Waals surface area contributed by atoms with Crippen LogP contribution in [0.3, 0.4) is 0 Å². The maximum atomic E-state index is 13.0. The smallest absolute Gasteiger partial charge is 0.262 e. The minimum absolute atomic E-state index is 0.0194. The molecule has 1 N–H and O–H groups in total. The number of carbonyl (C=O) groups is 3. The minimum atomic E-state index is -0.875. The molecular weight excluding hydrogens is 340 g/mol. The Hall–Kier alpha value is -2.95. The SMILES string of the molecule is CCC(CC)NC(=O)[C@H](Cc1ccccc1)N1C(=O)c2ccccc2C1=O. The molecular formula is C22H24N2O3. The Balaban J connectivity index is 1.93. The molecule has 140 valence electrons. The Kier molecular flexibility index (Phi) is 5.69. The number of hydrogen-bond acceptors (Lipinski definition) is 3. The molecule has 0 spiro atoms. The number of hydrogen-bond donors (Lipinski definition) is 1. The van der Waals surface area contributed by atoms with Crippen molar-refractivity contribution in [3.63, 3.8) is 0 Å². The van der Waals surface area contributed by atoms with Crippen LogP contribution in [0.15, 0.2) is 54.6 Å². The van der Waals surface area contributed by atoms with Crippen LogP contribution < -0.4 is 5.32 Å². The second kappa shape index (κ2) is 8.16. The topological polar surface area (TPSA) is 66.5 Å². The summed E-state index contributed by atoms with van der Waals surface area (Å²) in [7, 11) is 0. The van der Waals surface area contributed by atoms with Crippen LogP contribution in [0.1, 0.15) is 53.0 Å². The first-order chi connectivity index (χ1) is 13.1. The van der Waals surface area contributed by atoms with Gasteiger partial charge in [-0.2, -0.15) is 0 Å². The first kappa shape index (κ1) is 18.8. The van der Waals surface area contributed by atoms with Crippen LogP contribution in [0.2, 0.25) is 0 Å². The van der Waals surface area contributed by atoms with E-state index in [1.54, 1.807) is 24.3 Å². The van der Waals surface area contributed by atoms with Gasteiger partial charge in [-0.3, -0.25) is 19.3 Å². The number of nitrogens with zero attached hydrogens (tertiary/aromatic N) is 1. The quantitative estimate of drug-likeness (QED) is 0.767. The zero-order chi connectivity index (χ0) is 19.4. The van der Waals surface area contributed by atoms with Crippen molar-refractivity contribution in [2.75, 3.05) is 0 Å². The largest absolute Gasteiger partial charge is 0.352 e. The lowest BCUT2D eigenvalue weighted by Crippen LogP contribution is -2.52. The van der Waals surface area contributed by atoms with E-state index < -0.39 is 17.9 Å². The first-order valence-corrected chi connectivity index (χ1v) is 9.38. The third-order valence-corrected chi connectivity index (χ3v) is 5.04. The number of imide groups is 1. The summed E-state index contributed by atoms with van der Waals surface area (Å²) in [5.74, 6) is -1.10. The summed E-state index contributed by atoms with van der Waals surface area (Å²) < 4.78 is 0. The van der Waals surface area contributed by atoms with E-state index in [0.29, 0.717) is 11.1 Å². The van der Waals surface area contributed by atoms with Crippen molar-refractivity contribution >= 4 is 17.7 Å². The summed E-state index contributed by atoms with van der Waals surface area (Å²) in [5.41, 5.74) is 1.62. The summed E-state index contributed by atoms with van der Waals surface area (Å²) in [4.78, 5) is 40.0. The molecule has 1 aliphatic heterocycles. The summed E-state index contributed by atoms with van der Waals surface area (Å²) in [6, 6.07) is 15.3. The van der Waals surface area contributed by atoms with Crippen LogP contribution in [0.25, 0.3) is 0 Å².